The maximum absolute atomic E-state index is 12.9. The highest BCUT2D eigenvalue weighted by Gasteiger charge is 2.49. The van der Waals surface area contributed by atoms with E-state index in [1.165, 1.54) is 23.7 Å². The van der Waals surface area contributed by atoms with Gasteiger partial charge in [0.05, 0.1) is 6.04 Å². The molecular weight excluding hydrogens is 536 g/mol. The lowest BCUT2D eigenvalue weighted by atomic mass is 10.0. The number of aliphatic carboxylic acids is 1. The highest BCUT2D eigenvalue weighted by Crippen LogP contribution is 2.41. The summed E-state index contributed by atoms with van der Waals surface area (Å²) in [4.78, 5) is 74.6. The average Bonchev–Trinajstić information content (AvgIpc) is 3.24. The number of nitrogen functional groups attached to an aromatic ring is 1. The van der Waals surface area contributed by atoms with Crippen LogP contribution in [0.25, 0.3) is 0 Å². The number of oxime groups is 1. The second-order valence-electron chi connectivity index (χ2n) is 7.34. The summed E-state index contributed by atoms with van der Waals surface area (Å²) in [5.74, 6) is -2.03. The number of aromatic amines is 1. The van der Waals surface area contributed by atoms with Crippen LogP contribution in [0, 0.1) is 0 Å². The number of amides is 1. The van der Waals surface area contributed by atoms with Gasteiger partial charge in [-0.15, -0.1) is 11.3 Å². The lowest BCUT2D eigenvalue weighted by molar-refractivity contribution is -0.136. The molecule has 0 saturated carbocycles. The number of H-pyrrole nitrogens is 1. The smallest absolute Gasteiger partial charge is 0.352 e. The Balaban J connectivity index is 1.51. The van der Waals surface area contributed by atoms with Crippen molar-refractivity contribution in [3.63, 3.8) is 0 Å². The number of carbonyl (C=O) groups is 3. The Bertz CT molecular complexity index is 1430. The maximum Gasteiger partial charge on any atom is 0.352 e. The lowest BCUT2D eigenvalue weighted by Crippen LogP contribution is -2.67. The number of nitrogens with one attached hydrogen (secondary N) is 2. The number of thioether (sulfide) groups is 2. The van der Waals surface area contributed by atoms with Crippen LogP contribution in [0.4, 0.5) is 5.13 Å². The molecule has 5 N–H and O–H groups in total. The van der Waals surface area contributed by atoms with E-state index in [4.69, 9.17) is 10.6 Å². The van der Waals surface area contributed by atoms with Gasteiger partial charge in [-0.25, -0.2) is 9.78 Å². The van der Waals surface area contributed by atoms with Crippen LogP contribution in [0.3, 0.4) is 0 Å². The van der Waals surface area contributed by atoms with Crippen molar-refractivity contribution >= 4 is 62.7 Å². The number of rotatable bonds is 8. The molecule has 2 aliphatic heterocycles. The van der Waals surface area contributed by atoms with E-state index in [1.54, 1.807) is 5.38 Å². The molecule has 190 valence electrons. The number of carboxylic acids is 1. The molecule has 0 bridgehead atoms. The van der Waals surface area contributed by atoms with E-state index in [0.29, 0.717) is 0 Å². The van der Waals surface area contributed by atoms with Gasteiger partial charge >= 0.3 is 17.1 Å². The third kappa shape index (κ3) is 4.86. The van der Waals surface area contributed by atoms with Gasteiger partial charge in [-0.05, 0) is 0 Å². The van der Waals surface area contributed by atoms with Gasteiger partial charge in [0.2, 0.25) is 5.12 Å². The number of nitrogens with two attached hydrogens (primary N) is 1. The fraction of sp³-hybridized carbons (Fsp3) is 0.333. The third-order valence-corrected chi connectivity index (χ3v) is 8.08. The van der Waals surface area contributed by atoms with E-state index in [2.05, 4.69) is 25.5 Å². The second-order valence-corrected chi connectivity index (χ2v) is 10.3. The number of anilines is 1. The van der Waals surface area contributed by atoms with E-state index in [-0.39, 0.29) is 45.3 Å². The fourth-order valence-corrected chi connectivity index (χ4v) is 6.19. The molecule has 2 aliphatic rings. The first kappa shape index (κ1) is 25.5. The highest BCUT2D eigenvalue weighted by molar-refractivity contribution is 8.14. The monoisotopic (exact) mass is 554 g/mol. The molecular formula is C18H18N8O7S3. The molecule has 1 saturated heterocycles. The first-order chi connectivity index (χ1) is 17.1. The van der Waals surface area contributed by atoms with Crippen LogP contribution in [-0.2, 0) is 26.3 Å². The topological polar surface area (TPSA) is 215 Å². The van der Waals surface area contributed by atoms with E-state index < -0.39 is 39.5 Å². The van der Waals surface area contributed by atoms with Crippen molar-refractivity contribution in [2.45, 2.75) is 16.6 Å². The van der Waals surface area contributed by atoms with Crippen LogP contribution < -0.4 is 22.2 Å². The summed E-state index contributed by atoms with van der Waals surface area (Å²) in [6, 6.07) is -0.560. The zero-order valence-electron chi connectivity index (χ0n) is 18.6. The van der Waals surface area contributed by atoms with Crippen molar-refractivity contribution in [2.75, 3.05) is 25.1 Å². The molecule has 0 aromatic carbocycles. The SMILES string of the molecule is CO/N=C(\C(=O)N[C@@H]1CN2C(C(=O)O)=C(CSc3nc(=O)c(=O)[nH]n3C)C(=O)S[C@H]12)c1csc(N)n1. The standard InChI is InChI=1S/C18H18N8O7S3/c1-25-18(22-12(28)13(29)23-25)35-4-6-10(15(30)31)26-3-7(14(26)36-16(6)32)20-11(27)9(24-33-2)8-5-34-17(19)21-8/h5,7,14H,3-4H2,1-2H3,(H2,19,21)(H,20,27)(H,23,29)(H,30,31)/b24-9-/t7-,14-/m1/s1. The first-order valence-electron chi connectivity index (χ1n) is 9.98. The Morgan fingerprint density at radius 1 is 1.39 bits per heavy atom. The zero-order chi connectivity index (χ0) is 26.1. The van der Waals surface area contributed by atoms with Gasteiger partial charge in [-0.1, -0.05) is 28.7 Å². The summed E-state index contributed by atoms with van der Waals surface area (Å²) in [5, 5.41) is 19.3. The quantitative estimate of drug-likeness (QED) is 0.125. The Labute approximate surface area is 213 Å². The van der Waals surface area contributed by atoms with Gasteiger partial charge < -0.3 is 25.9 Å². The molecule has 18 heteroatoms. The van der Waals surface area contributed by atoms with E-state index >= 15 is 0 Å². The van der Waals surface area contributed by atoms with Crippen molar-refractivity contribution in [1.29, 1.82) is 0 Å². The maximum atomic E-state index is 12.9. The molecule has 4 heterocycles. The van der Waals surface area contributed by atoms with Gasteiger partial charge in [0.15, 0.2) is 16.0 Å². The van der Waals surface area contributed by atoms with Crippen molar-refractivity contribution in [1.82, 2.24) is 30.0 Å². The second kappa shape index (κ2) is 10.2. The Kier molecular flexibility index (Phi) is 7.18. The first-order valence-corrected chi connectivity index (χ1v) is 12.7. The van der Waals surface area contributed by atoms with E-state index in [9.17, 15) is 29.1 Å². The molecule has 0 spiro atoms. The van der Waals surface area contributed by atoms with E-state index in [0.717, 1.165) is 34.9 Å². The zero-order valence-corrected chi connectivity index (χ0v) is 21.0. The fourth-order valence-electron chi connectivity index (χ4n) is 3.45. The number of fused-ring (bicyclic) bond motifs is 1. The summed E-state index contributed by atoms with van der Waals surface area (Å²) in [5.41, 5.74) is 3.66. The number of nitrogens with zero attached hydrogens (tertiary/aromatic N) is 5. The van der Waals surface area contributed by atoms with Crippen LogP contribution in [0.5, 0.6) is 0 Å². The molecule has 1 fully saturated rings. The lowest BCUT2D eigenvalue weighted by Gasteiger charge is -2.51. The normalized spacial score (nSPS) is 19.6. The number of carbonyl (C=O) groups excluding carboxylic acids is 2. The summed E-state index contributed by atoms with van der Waals surface area (Å²) in [6.07, 6.45) is 0. The molecule has 4 rings (SSSR count). The number of hydrogen-bond donors (Lipinski definition) is 4. The van der Waals surface area contributed by atoms with Gasteiger partial charge in [0, 0.05) is 30.3 Å². The minimum Gasteiger partial charge on any atom is -0.477 e. The van der Waals surface area contributed by atoms with Crippen LogP contribution >= 0.6 is 34.9 Å². The summed E-state index contributed by atoms with van der Waals surface area (Å²) in [7, 11) is 2.73. The van der Waals surface area contributed by atoms with Crippen molar-refractivity contribution in [2.24, 2.45) is 12.2 Å². The minimum absolute atomic E-state index is 0.0126. The summed E-state index contributed by atoms with van der Waals surface area (Å²) >= 11 is 2.93. The Hall–Kier alpha value is -3.64. The molecule has 2 aromatic rings. The molecule has 36 heavy (non-hydrogen) atoms. The number of hydrogen-bond acceptors (Lipinski definition) is 14. The van der Waals surface area contributed by atoms with Gasteiger partial charge in [0.1, 0.15) is 23.9 Å². The van der Waals surface area contributed by atoms with Crippen LogP contribution in [0.1, 0.15) is 5.69 Å². The van der Waals surface area contributed by atoms with Crippen LogP contribution in [0.15, 0.2) is 36.6 Å². The molecule has 15 nitrogen and oxygen atoms in total. The Morgan fingerprint density at radius 3 is 2.78 bits per heavy atom. The van der Waals surface area contributed by atoms with Crippen molar-refractivity contribution in [3.05, 3.63) is 43.1 Å². The molecule has 2 atom stereocenters. The third-order valence-electron chi connectivity index (χ3n) is 5.07. The predicted molar refractivity (Wildman–Crippen MR) is 131 cm³/mol. The molecule has 0 unspecified atom stereocenters. The van der Waals surface area contributed by atoms with Gasteiger partial charge in [-0.2, -0.15) is 4.98 Å². The van der Waals surface area contributed by atoms with Gasteiger partial charge in [0.25, 0.3) is 5.91 Å². The summed E-state index contributed by atoms with van der Waals surface area (Å²) < 4.78 is 1.21. The predicted octanol–water partition coefficient (Wildman–Crippen LogP) is -1.61. The molecule has 2 aromatic heterocycles. The van der Waals surface area contributed by atoms with Gasteiger partial charge in [-0.3, -0.25) is 29.0 Å². The molecule has 1 amide bonds. The summed E-state index contributed by atoms with van der Waals surface area (Å²) in [6.45, 7) is 0.126. The van der Waals surface area contributed by atoms with Crippen LogP contribution in [0.2, 0.25) is 0 Å². The van der Waals surface area contributed by atoms with E-state index in [1.807, 2.05) is 0 Å². The van der Waals surface area contributed by atoms with Crippen molar-refractivity contribution < 1.29 is 24.3 Å². The largest absolute Gasteiger partial charge is 0.477 e. The molecule has 0 aliphatic carbocycles. The van der Waals surface area contributed by atoms with Crippen LogP contribution in [-0.4, -0.2) is 83.3 Å². The van der Waals surface area contributed by atoms with Crippen molar-refractivity contribution in [3.8, 4) is 0 Å². The number of aryl methyl sites for hydroxylation is 1. The highest BCUT2D eigenvalue weighted by atomic mass is 32.2. The Morgan fingerprint density at radius 2 is 2.14 bits per heavy atom. The average molecular weight is 555 g/mol. The number of thiazole rings is 1. The molecule has 0 radical (unpaired) electrons. The number of carboxylic acid groups (broad SMARTS) is 1. The number of aromatic nitrogens is 4. The minimum atomic E-state index is -1.31.